The van der Waals surface area contributed by atoms with Crippen molar-refractivity contribution in [3.8, 4) is 0 Å². The van der Waals surface area contributed by atoms with Gasteiger partial charge in [-0.3, -0.25) is 9.59 Å². The number of carbonyl (C=O) groups is 2. The molecule has 0 aromatic heterocycles. The lowest BCUT2D eigenvalue weighted by atomic mass is 9.86. The maximum absolute atomic E-state index is 11.1. The van der Waals surface area contributed by atoms with Crippen LogP contribution in [0.2, 0.25) is 0 Å². The van der Waals surface area contributed by atoms with E-state index in [0.717, 1.165) is 0 Å². The van der Waals surface area contributed by atoms with E-state index < -0.39 is 42.1 Å². The largest absolute Gasteiger partial charge is 0.457 e. The second-order valence-electron chi connectivity index (χ2n) is 4.73. The molecule has 1 N–H and O–H groups in total. The average Bonchev–Trinajstić information content (AvgIpc) is 2.23. The third-order valence-electron chi connectivity index (χ3n) is 3.00. The van der Waals surface area contributed by atoms with Crippen molar-refractivity contribution in [2.45, 2.75) is 57.9 Å². The summed E-state index contributed by atoms with van der Waals surface area (Å²) in [5.41, 5.74) is -1.54. The molecule has 0 saturated carbocycles. The summed E-state index contributed by atoms with van der Waals surface area (Å²) >= 11 is 0. The van der Waals surface area contributed by atoms with Gasteiger partial charge in [-0.05, 0) is 13.8 Å². The summed E-state index contributed by atoms with van der Waals surface area (Å²) < 4.78 is 20.6. The molecule has 0 amide bonds. The molecular formula is C12H20O7. The van der Waals surface area contributed by atoms with Crippen molar-refractivity contribution in [2.75, 3.05) is 7.11 Å². The minimum atomic E-state index is -1.54. The van der Waals surface area contributed by atoms with Gasteiger partial charge in [0.2, 0.25) is 6.29 Å². The fraction of sp³-hybridized carbons (Fsp3) is 0.833. The summed E-state index contributed by atoms with van der Waals surface area (Å²) in [6.45, 7) is 5.53. The molecule has 5 atom stereocenters. The lowest BCUT2D eigenvalue weighted by molar-refractivity contribution is -0.319. The smallest absolute Gasteiger partial charge is 0.305 e. The number of carbonyl (C=O) groups excluding carboxylic acids is 2. The van der Waals surface area contributed by atoms with E-state index >= 15 is 0 Å². The van der Waals surface area contributed by atoms with Gasteiger partial charge in [0, 0.05) is 21.0 Å². The van der Waals surface area contributed by atoms with Crippen LogP contribution in [0.4, 0.5) is 0 Å². The number of aliphatic hydroxyl groups is 1. The van der Waals surface area contributed by atoms with Crippen molar-refractivity contribution in [1.82, 2.24) is 0 Å². The molecule has 7 nitrogen and oxygen atoms in total. The Labute approximate surface area is 111 Å². The molecule has 1 aliphatic rings. The van der Waals surface area contributed by atoms with Crippen LogP contribution in [0.3, 0.4) is 0 Å². The van der Waals surface area contributed by atoms with E-state index in [1.807, 2.05) is 0 Å². The fourth-order valence-electron chi connectivity index (χ4n) is 2.26. The Balaban J connectivity index is 2.98. The first-order valence-corrected chi connectivity index (χ1v) is 5.95. The number of methoxy groups -OCH3 is 1. The molecule has 1 heterocycles. The lowest BCUT2D eigenvalue weighted by Gasteiger charge is -2.47. The highest BCUT2D eigenvalue weighted by atomic mass is 16.7. The van der Waals surface area contributed by atoms with Gasteiger partial charge in [0.1, 0.15) is 5.60 Å². The van der Waals surface area contributed by atoms with Crippen LogP contribution >= 0.6 is 0 Å². The van der Waals surface area contributed by atoms with Gasteiger partial charge in [-0.1, -0.05) is 0 Å². The summed E-state index contributed by atoms with van der Waals surface area (Å²) in [5, 5.41) is 10.5. The molecule has 0 bridgehead atoms. The lowest BCUT2D eigenvalue weighted by Crippen LogP contribution is -2.66. The van der Waals surface area contributed by atoms with E-state index in [9.17, 15) is 14.7 Å². The van der Waals surface area contributed by atoms with Crippen molar-refractivity contribution in [1.29, 1.82) is 0 Å². The van der Waals surface area contributed by atoms with E-state index in [4.69, 9.17) is 18.9 Å². The number of ether oxygens (including phenoxy) is 4. The van der Waals surface area contributed by atoms with E-state index in [0.29, 0.717) is 0 Å². The Bertz CT molecular complexity index is 352. The quantitative estimate of drug-likeness (QED) is 0.725. The molecule has 110 valence electrons. The fourth-order valence-corrected chi connectivity index (χ4v) is 2.26. The van der Waals surface area contributed by atoms with Crippen LogP contribution < -0.4 is 0 Å². The maximum atomic E-state index is 11.1. The van der Waals surface area contributed by atoms with Crippen molar-refractivity contribution < 1.29 is 33.6 Å². The highest BCUT2D eigenvalue weighted by Crippen LogP contribution is 2.34. The summed E-state index contributed by atoms with van der Waals surface area (Å²) in [6.07, 6.45) is -3.58. The summed E-state index contributed by atoms with van der Waals surface area (Å²) in [6, 6.07) is 0. The zero-order valence-electron chi connectivity index (χ0n) is 11.7. The van der Waals surface area contributed by atoms with Gasteiger partial charge in [-0.25, -0.2) is 0 Å². The highest BCUT2D eigenvalue weighted by Gasteiger charge is 2.55. The Morgan fingerprint density at radius 1 is 1.16 bits per heavy atom. The van der Waals surface area contributed by atoms with Crippen LogP contribution in [-0.2, 0) is 28.5 Å². The second-order valence-corrected chi connectivity index (χ2v) is 4.73. The van der Waals surface area contributed by atoms with Crippen molar-refractivity contribution in [2.24, 2.45) is 0 Å². The monoisotopic (exact) mass is 276 g/mol. The van der Waals surface area contributed by atoms with E-state index in [2.05, 4.69) is 0 Å². The van der Waals surface area contributed by atoms with Gasteiger partial charge in [0.25, 0.3) is 0 Å². The van der Waals surface area contributed by atoms with Crippen molar-refractivity contribution in [3.05, 3.63) is 0 Å². The van der Waals surface area contributed by atoms with Crippen molar-refractivity contribution in [3.63, 3.8) is 0 Å². The van der Waals surface area contributed by atoms with E-state index in [-0.39, 0.29) is 0 Å². The highest BCUT2D eigenvalue weighted by molar-refractivity contribution is 5.66. The van der Waals surface area contributed by atoms with Crippen LogP contribution in [0.25, 0.3) is 0 Å². The van der Waals surface area contributed by atoms with E-state index in [1.54, 1.807) is 6.92 Å². The average molecular weight is 276 g/mol. The zero-order chi connectivity index (χ0) is 14.8. The molecule has 7 heteroatoms. The first-order chi connectivity index (χ1) is 8.70. The van der Waals surface area contributed by atoms with Crippen LogP contribution in [0.5, 0.6) is 0 Å². The molecule has 1 rings (SSSR count). The van der Waals surface area contributed by atoms with Crippen LogP contribution in [0.1, 0.15) is 27.7 Å². The van der Waals surface area contributed by atoms with Crippen molar-refractivity contribution >= 4 is 11.9 Å². The zero-order valence-corrected chi connectivity index (χ0v) is 11.7. The molecule has 0 radical (unpaired) electrons. The van der Waals surface area contributed by atoms with E-state index in [1.165, 1.54) is 27.9 Å². The minimum Gasteiger partial charge on any atom is -0.457 e. The molecule has 19 heavy (non-hydrogen) atoms. The van der Waals surface area contributed by atoms with Crippen LogP contribution in [0, 0.1) is 0 Å². The number of hydrogen-bond donors (Lipinski definition) is 1. The van der Waals surface area contributed by atoms with Gasteiger partial charge in [0.15, 0.2) is 12.2 Å². The summed E-state index contributed by atoms with van der Waals surface area (Å²) in [4.78, 5) is 22.1. The Morgan fingerprint density at radius 2 is 1.68 bits per heavy atom. The molecule has 0 aromatic rings. The van der Waals surface area contributed by atoms with Gasteiger partial charge in [0.05, 0.1) is 6.10 Å². The molecule has 0 spiro atoms. The molecule has 1 saturated heterocycles. The van der Waals surface area contributed by atoms with Gasteiger partial charge < -0.3 is 24.1 Å². The van der Waals surface area contributed by atoms with Gasteiger partial charge in [-0.2, -0.15) is 0 Å². The minimum absolute atomic E-state index is 0.540. The molecule has 0 unspecified atom stereocenters. The SMILES string of the molecule is CO[C@@H]1[C@@H](OC(C)=O)O[C@H](C)[C@H](OC(C)=O)[C@]1(C)O. The predicted molar refractivity (Wildman–Crippen MR) is 63.1 cm³/mol. The number of hydrogen-bond acceptors (Lipinski definition) is 7. The summed E-state index contributed by atoms with van der Waals surface area (Å²) in [7, 11) is 1.35. The molecular weight excluding hydrogens is 256 g/mol. The maximum Gasteiger partial charge on any atom is 0.305 e. The second kappa shape index (κ2) is 5.85. The summed E-state index contributed by atoms with van der Waals surface area (Å²) in [5.74, 6) is -1.09. The topological polar surface area (TPSA) is 91.3 Å². The first-order valence-electron chi connectivity index (χ1n) is 5.95. The Hall–Kier alpha value is -1.18. The van der Waals surface area contributed by atoms with Crippen LogP contribution in [-0.4, -0.2) is 54.4 Å². The first kappa shape index (κ1) is 15.9. The standard InChI is InChI=1S/C12H20O7/c1-6-9(18-7(2)13)12(4,15)10(16-5)11(17-6)19-8(3)14/h6,9-11,15H,1-5H3/t6-,9+,10-,11-,12+/m1/s1. The third-order valence-corrected chi connectivity index (χ3v) is 3.00. The van der Waals surface area contributed by atoms with Gasteiger partial charge >= 0.3 is 11.9 Å². The Kier molecular flexibility index (Phi) is 4.89. The molecule has 1 fully saturated rings. The molecule has 0 aromatic carbocycles. The third kappa shape index (κ3) is 3.43. The Morgan fingerprint density at radius 3 is 2.11 bits per heavy atom. The van der Waals surface area contributed by atoms with Gasteiger partial charge in [-0.15, -0.1) is 0 Å². The predicted octanol–water partition coefficient (Wildman–Crippen LogP) is -0.00800. The molecule has 1 aliphatic heterocycles. The normalized spacial score (nSPS) is 38.6. The van der Waals surface area contributed by atoms with Crippen LogP contribution in [0.15, 0.2) is 0 Å². The number of rotatable bonds is 3. The molecule has 0 aliphatic carbocycles. The number of esters is 2.